The minimum atomic E-state index is 0.811. The van der Waals surface area contributed by atoms with E-state index in [1.165, 1.54) is 21.2 Å². The number of fused-ring (bicyclic) bond motifs is 1. The lowest BCUT2D eigenvalue weighted by Gasteiger charge is -2.12. The van der Waals surface area contributed by atoms with Crippen molar-refractivity contribution in [3.05, 3.63) is 70.4 Å². The van der Waals surface area contributed by atoms with Gasteiger partial charge >= 0.3 is 0 Å². The third kappa shape index (κ3) is 4.11. The molecule has 0 aliphatic rings. The van der Waals surface area contributed by atoms with Crippen LogP contribution in [-0.4, -0.2) is 19.6 Å². The monoisotopic (exact) mass is 323 g/mol. The number of benzene rings is 2. The SMILES string of the molecule is CN=C(NCCc1cccc2ccccc12)NCc1cccs1. The number of hydrogen-bond donors (Lipinski definition) is 2. The van der Waals surface area contributed by atoms with E-state index in [9.17, 15) is 0 Å². The van der Waals surface area contributed by atoms with Crippen LogP contribution >= 0.6 is 11.3 Å². The Balaban J connectivity index is 1.55. The van der Waals surface area contributed by atoms with Crippen LogP contribution in [0.1, 0.15) is 10.4 Å². The van der Waals surface area contributed by atoms with Crippen molar-refractivity contribution in [3.8, 4) is 0 Å². The van der Waals surface area contributed by atoms with Gasteiger partial charge in [-0.3, -0.25) is 4.99 Å². The molecule has 118 valence electrons. The molecular formula is C19H21N3S. The molecule has 0 spiro atoms. The van der Waals surface area contributed by atoms with Crippen molar-refractivity contribution < 1.29 is 0 Å². The molecule has 2 N–H and O–H groups in total. The Morgan fingerprint density at radius 1 is 1.00 bits per heavy atom. The summed E-state index contributed by atoms with van der Waals surface area (Å²) in [6, 6.07) is 19.2. The predicted molar refractivity (Wildman–Crippen MR) is 100 cm³/mol. The summed E-state index contributed by atoms with van der Waals surface area (Å²) in [6.45, 7) is 1.67. The van der Waals surface area contributed by atoms with Gasteiger partial charge in [-0.05, 0) is 34.2 Å². The van der Waals surface area contributed by atoms with Crippen molar-refractivity contribution in [2.24, 2.45) is 4.99 Å². The van der Waals surface area contributed by atoms with Crippen LogP contribution in [0.2, 0.25) is 0 Å². The Hall–Kier alpha value is -2.33. The molecule has 2 aromatic carbocycles. The maximum absolute atomic E-state index is 4.28. The molecule has 3 aromatic rings. The summed E-state index contributed by atoms with van der Waals surface area (Å²) in [4.78, 5) is 5.59. The van der Waals surface area contributed by atoms with E-state index in [0.29, 0.717) is 0 Å². The zero-order valence-electron chi connectivity index (χ0n) is 13.3. The fourth-order valence-corrected chi connectivity index (χ4v) is 3.28. The van der Waals surface area contributed by atoms with Crippen molar-refractivity contribution in [3.63, 3.8) is 0 Å². The van der Waals surface area contributed by atoms with E-state index < -0.39 is 0 Å². The maximum Gasteiger partial charge on any atom is 0.191 e. The molecule has 23 heavy (non-hydrogen) atoms. The van der Waals surface area contributed by atoms with E-state index >= 15 is 0 Å². The summed E-state index contributed by atoms with van der Waals surface area (Å²) in [5, 5.41) is 11.5. The molecule has 3 nitrogen and oxygen atoms in total. The van der Waals surface area contributed by atoms with Crippen LogP contribution < -0.4 is 10.6 Å². The van der Waals surface area contributed by atoms with Crippen LogP contribution in [0.5, 0.6) is 0 Å². The summed E-state index contributed by atoms with van der Waals surface area (Å²) < 4.78 is 0. The minimum absolute atomic E-state index is 0.811. The standard InChI is InChI=1S/C19H21N3S/c1-20-19(22-14-17-9-5-13-23-17)21-12-11-16-8-4-7-15-6-2-3-10-18(15)16/h2-10,13H,11-12,14H2,1H3,(H2,20,21,22). The average Bonchev–Trinajstić information content (AvgIpc) is 3.11. The molecule has 0 saturated heterocycles. The number of nitrogens with zero attached hydrogens (tertiary/aromatic N) is 1. The summed E-state index contributed by atoms with van der Waals surface area (Å²) in [5.41, 5.74) is 1.37. The second kappa shape index (κ2) is 7.79. The number of guanidine groups is 1. The molecule has 0 amide bonds. The van der Waals surface area contributed by atoms with Crippen LogP contribution in [-0.2, 0) is 13.0 Å². The van der Waals surface area contributed by atoms with E-state index in [4.69, 9.17) is 0 Å². The summed E-state index contributed by atoms with van der Waals surface area (Å²) in [6.07, 6.45) is 0.973. The van der Waals surface area contributed by atoms with Crippen molar-refractivity contribution >= 4 is 28.1 Å². The van der Waals surface area contributed by atoms with Gasteiger partial charge in [-0.1, -0.05) is 48.5 Å². The van der Waals surface area contributed by atoms with E-state index in [2.05, 4.69) is 75.6 Å². The second-order valence-corrected chi connectivity index (χ2v) is 6.35. The first-order valence-corrected chi connectivity index (χ1v) is 8.68. The van der Waals surface area contributed by atoms with E-state index in [-0.39, 0.29) is 0 Å². The molecule has 0 unspecified atom stereocenters. The fraction of sp³-hybridized carbons (Fsp3) is 0.211. The molecule has 0 bridgehead atoms. The molecule has 0 aliphatic carbocycles. The normalized spacial score (nSPS) is 11.6. The Bertz CT molecular complexity index is 773. The van der Waals surface area contributed by atoms with E-state index in [1.807, 2.05) is 7.05 Å². The van der Waals surface area contributed by atoms with Gasteiger partial charge in [0.1, 0.15) is 0 Å². The Labute approximate surface area is 141 Å². The van der Waals surface area contributed by atoms with E-state index in [0.717, 1.165) is 25.5 Å². The zero-order valence-corrected chi connectivity index (χ0v) is 14.1. The first-order chi connectivity index (χ1) is 11.4. The number of aliphatic imine (C=N–C) groups is 1. The van der Waals surface area contributed by atoms with Crippen LogP contribution in [0, 0.1) is 0 Å². The van der Waals surface area contributed by atoms with Gasteiger partial charge in [-0.25, -0.2) is 0 Å². The van der Waals surface area contributed by atoms with Gasteiger partial charge in [0.15, 0.2) is 5.96 Å². The lowest BCUT2D eigenvalue weighted by molar-refractivity contribution is 0.801. The van der Waals surface area contributed by atoms with Gasteiger partial charge in [-0.15, -0.1) is 11.3 Å². The molecule has 1 heterocycles. The topological polar surface area (TPSA) is 36.4 Å². The Morgan fingerprint density at radius 2 is 1.87 bits per heavy atom. The summed E-state index contributed by atoms with van der Waals surface area (Å²) >= 11 is 1.75. The van der Waals surface area contributed by atoms with Crippen molar-refractivity contribution in [2.75, 3.05) is 13.6 Å². The largest absolute Gasteiger partial charge is 0.356 e. The molecule has 0 atom stereocenters. The van der Waals surface area contributed by atoms with Crippen LogP contribution in [0.25, 0.3) is 10.8 Å². The third-order valence-corrected chi connectivity index (χ3v) is 4.68. The number of hydrogen-bond acceptors (Lipinski definition) is 2. The Morgan fingerprint density at radius 3 is 2.70 bits per heavy atom. The van der Waals surface area contributed by atoms with Gasteiger partial charge in [0.05, 0.1) is 6.54 Å². The maximum atomic E-state index is 4.28. The van der Waals surface area contributed by atoms with Gasteiger partial charge < -0.3 is 10.6 Å². The molecule has 0 aliphatic heterocycles. The Kier molecular flexibility index (Phi) is 5.27. The lowest BCUT2D eigenvalue weighted by Crippen LogP contribution is -2.37. The highest BCUT2D eigenvalue weighted by atomic mass is 32.1. The number of nitrogens with one attached hydrogen (secondary N) is 2. The molecule has 0 saturated carbocycles. The first kappa shape index (κ1) is 15.6. The van der Waals surface area contributed by atoms with Gasteiger partial charge in [0.25, 0.3) is 0 Å². The zero-order chi connectivity index (χ0) is 15.9. The fourth-order valence-electron chi connectivity index (χ4n) is 2.63. The van der Waals surface area contributed by atoms with E-state index in [1.54, 1.807) is 11.3 Å². The first-order valence-electron chi connectivity index (χ1n) is 7.80. The highest BCUT2D eigenvalue weighted by molar-refractivity contribution is 7.09. The minimum Gasteiger partial charge on any atom is -0.356 e. The molecule has 3 rings (SSSR count). The molecule has 1 aromatic heterocycles. The predicted octanol–water partition coefficient (Wildman–Crippen LogP) is 3.81. The number of thiophene rings is 1. The summed E-state index contributed by atoms with van der Waals surface area (Å²) in [7, 11) is 1.81. The lowest BCUT2D eigenvalue weighted by atomic mass is 10.0. The van der Waals surface area contributed by atoms with Crippen LogP contribution in [0.4, 0.5) is 0 Å². The third-order valence-electron chi connectivity index (χ3n) is 3.80. The quantitative estimate of drug-likeness (QED) is 0.553. The molecule has 0 fully saturated rings. The molecular weight excluding hydrogens is 302 g/mol. The molecule has 4 heteroatoms. The van der Waals surface area contributed by atoms with Crippen LogP contribution in [0.15, 0.2) is 65.0 Å². The van der Waals surface area contributed by atoms with Crippen LogP contribution in [0.3, 0.4) is 0 Å². The van der Waals surface area contributed by atoms with Crippen molar-refractivity contribution in [1.82, 2.24) is 10.6 Å². The smallest absolute Gasteiger partial charge is 0.191 e. The highest BCUT2D eigenvalue weighted by Crippen LogP contribution is 2.18. The average molecular weight is 323 g/mol. The van der Waals surface area contributed by atoms with Gasteiger partial charge in [-0.2, -0.15) is 0 Å². The molecule has 0 radical (unpaired) electrons. The second-order valence-electron chi connectivity index (χ2n) is 5.32. The van der Waals surface area contributed by atoms with Crippen molar-refractivity contribution in [2.45, 2.75) is 13.0 Å². The van der Waals surface area contributed by atoms with Crippen molar-refractivity contribution in [1.29, 1.82) is 0 Å². The van der Waals surface area contributed by atoms with Gasteiger partial charge in [0.2, 0.25) is 0 Å². The summed E-state index contributed by atoms with van der Waals surface area (Å²) in [5.74, 6) is 0.846. The number of rotatable bonds is 5. The highest BCUT2D eigenvalue weighted by Gasteiger charge is 2.02. The van der Waals surface area contributed by atoms with Gasteiger partial charge in [0, 0.05) is 18.5 Å².